The van der Waals surface area contributed by atoms with Gasteiger partial charge in [-0.1, -0.05) is 12.1 Å². The van der Waals surface area contributed by atoms with E-state index in [1.165, 1.54) is 6.07 Å². The van der Waals surface area contributed by atoms with Crippen molar-refractivity contribution in [2.24, 2.45) is 10.7 Å². The van der Waals surface area contributed by atoms with Crippen LogP contribution >= 0.6 is 0 Å². The number of nitrogens with two attached hydrogens (primary N) is 2. The Balaban J connectivity index is 1.88. The van der Waals surface area contributed by atoms with Crippen molar-refractivity contribution < 1.29 is 9.80 Å². The Kier molecular flexibility index (Phi) is 5.03. The maximum absolute atomic E-state index is 14.5. The van der Waals surface area contributed by atoms with Crippen molar-refractivity contribution in [1.82, 2.24) is 19.5 Å². The van der Waals surface area contributed by atoms with Gasteiger partial charge in [0, 0.05) is 17.8 Å². The molecular formula is C25H18FN8+. The monoisotopic (exact) mass is 449 g/mol. The molecule has 0 aliphatic carbocycles. The van der Waals surface area contributed by atoms with Crippen LogP contribution < -0.4 is 11.1 Å². The van der Waals surface area contributed by atoms with Gasteiger partial charge in [0.25, 0.3) is 6.34 Å². The summed E-state index contributed by atoms with van der Waals surface area (Å²) in [5.41, 5.74) is 11.0. The van der Waals surface area contributed by atoms with Gasteiger partial charge in [-0.15, -0.1) is 0 Å². The molecule has 0 spiro atoms. The number of rotatable bonds is 4. The van der Waals surface area contributed by atoms with Crippen LogP contribution in [0.15, 0.2) is 65.9 Å². The predicted octanol–water partition coefficient (Wildman–Crippen LogP) is 2.45. The third-order valence-electron chi connectivity index (χ3n) is 5.56. The topological polar surface area (TPSA) is 131 Å². The lowest BCUT2D eigenvalue weighted by Gasteiger charge is -2.12. The molecule has 0 radical (unpaired) electrons. The molecule has 4 N–H and O–H groups in total. The number of amidine groups is 1. The number of fused-ring (bicyclic) bond motifs is 2. The van der Waals surface area contributed by atoms with Crippen LogP contribution in [0.4, 0.5) is 4.39 Å². The lowest BCUT2D eigenvalue weighted by atomic mass is 10.0. The van der Waals surface area contributed by atoms with E-state index in [1.54, 1.807) is 30.6 Å². The summed E-state index contributed by atoms with van der Waals surface area (Å²) in [7, 11) is 0. The maximum atomic E-state index is 14.5. The Bertz CT molecular complexity index is 1680. The van der Waals surface area contributed by atoms with Gasteiger partial charge < -0.3 is 5.73 Å². The molecule has 0 fully saturated rings. The Morgan fingerprint density at radius 3 is 2.74 bits per heavy atom. The minimum atomic E-state index is -0.404. The standard InChI is InChI=1S/C25H17FN8/c1-14-33-24-19(25(29)32-13-28)10-16(15-5-7-30-17(9-15)12-27)11-22(24)34(14)21-6-8-31-23-18(21)3-2-4-20(23)26/h2-11,13H,1H3,(H3,28,29,32)/p+1. The van der Waals surface area contributed by atoms with E-state index in [0.717, 1.165) is 28.7 Å². The zero-order valence-electron chi connectivity index (χ0n) is 18.1. The minimum Gasteiger partial charge on any atom is -0.362 e. The van der Waals surface area contributed by atoms with Crippen LogP contribution in [0.5, 0.6) is 0 Å². The Hall–Kier alpha value is -4.97. The fourth-order valence-corrected chi connectivity index (χ4v) is 4.10. The highest BCUT2D eigenvalue weighted by molar-refractivity contribution is 6.11. The third-order valence-corrected chi connectivity index (χ3v) is 5.56. The molecule has 0 amide bonds. The molecule has 8 nitrogen and oxygen atoms in total. The van der Waals surface area contributed by atoms with Crippen molar-refractivity contribution in [3.8, 4) is 22.9 Å². The quantitative estimate of drug-likeness (QED) is 0.321. The SMILES string of the molecule is Cc1nc2c(C(N)=NC=[NH2+])cc(-c3ccnc(C#N)c3)cc2n1-c1ccnc2c(F)cccc12. The summed E-state index contributed by atoms with van der Waals surface area (Å²) in [4.78, 5) is 17.1. The van der Waals surface area contributed by atoms with Gasteiger partial charge in [0.05, 0.1) is 16.8 Å². The summed E-state index contributed by atoms with van der Waals surface area (Å²) in [5.74, 6) is 0.458. The van der Waals surface area contributed by atoms with E-state index < -0.39 is 5.82 Å². The van der Waals surface area contributed by atoms with Gasteiger partial charge in [0.1, 0.15) is 34.4 Å². The average molecular weight is 449 g/mol. The number of halogens is 1. The molecule has 3 aromatic heterocycles. The van der Waals surface area contributed by atoms with E-state index in [2.05, 4.69) is 21.0 Å². The van der Waals surface area contributed by atoms with Crippen molar-refractivity contribution in [1.29, 1.82) is 5.26 Å². The second kappa shape index (κ2) is 8.18. The first-order valence-electron chi connectivity index (χ1n) is 10.3. The minimum absolute atomic E-state index is 0.194. The fraction of sp³-hybridized carbons (Fsp3) is 0.0400. The van der Waals surface area contributed by atoms with Gasteiger partial charge in [-0.2, -0.15) is 5.26 Å². The van der Waals surface area contributed by atoms with Gasteiger partial charge in [0.2, 0.25) is 5.84 Å². The Morgan fingerprint density at radius 1 is 1.12 bits per heavy atom. The molecule has 0 aliphatic heterocycles. The van der Waals surface area contributed by atoms with Crippen molar-refractivity contribution >= 4 is 34.1 Å². The first-order valence-corrected chi connectivity index (χ1v) is 10.3. The van der Waals surface area contributed by atoms with E-state index in [4.69, 9.17) is 16.1 Å². The molecule has 0 atom stereocenters. The molecule has 9 heteroatoms. The predicted molar refractivity (Wildman–Crippen MR) is 128 cm³/mol. The summed E-state index contributed by atoms with van der Waals surface area (Å²) in [6.07, 6.45) is 4.26. The van der Waals surface area contributed by atoms with Gasteiger partial charge in [-0.25, -0.2) is 14.4 Å². The first-order chi connectivity index (χ1) is 16.5. The second-order valence-electron chi connectivity index (χ2n) is 7.56. The highest BCUT2D eigenvalue weighted by Gasteiger charge is 2.20. The number of hydrogen-bond acceptors (Lipinski definition) is 4. The van der Waals surface area contributed by atoms with Crippen molar-refractivity contribution in [2.75, 3.05) is 0 Å². The maximum Gasteiger partial charge on any atom is 0.279 e. The van der Waals surface area contributed by atoms with Gasteiger partial charge in [-0.3, -0.25) is 15.0 Å². The molecule has 0 saturated heterocycles. The van der Waals surface area contributed by atoms with Gasteiger partial charge >= 0.3 is 0 Å². The number of benzene rings is 2. The van der Waals surface area contributed by atoms with Crippen LogP contribution in [0, 0.1) is 24.1 Å². The third kappa shape index (κ3) is 3.34. The number of hydrogen-bond donors (Lipinski definition) is 2. The van der Waals surface area contributed by atoms with E-state index in [1.807, 2.05) is 35.8 Å². The molecule has 0 bridgehead atoms. The fourth-order valence-electron chi connectivity index (χ4n) is 4.10. The zero-order chi connectivity index (χ0) is 23.8. The Labute approximate surface area is 193 Å². The molecule has 3 heterocycles. The molecule has 0 unspecified atom stereocenters. The molecule has 5 rings (SSSR count). The molecule has 164 valence electrons. The number of aryl methyl sites for hydroxylation is 1. The van der Waals surface area contributed by atoms with E-state index in [9.17, 15) is 9.65 Å². The van der Waals surface area contributed by atoms with Crippen LogP contribution in [-0.4, -0.2) is 31.7 Å². The van der Waals surface area contributed by atoms with Gasteiger partial charge in [-0.05, 0) is 59.4 Å². The summed E-state index contributed by atoms with van der Waals surface area (Å²) in [6, 6.07) is 16.0. The molecule has 0 aliphatic rings. The van der Waals surface area contributed by atoms with Crippen LogP contribution in [-0.2, 0) is 0 Å². The smallest absolute Gasteiger partial charge is 0.279 e. The highest BCUT2D eigenvalue weighted by Crippen LogP contribution is 2.32. The first kappa shape index (κ1) is 20.9. The lowest BCUT2D eigenvalue weighted by Crippen LogP contribution is -2.30. The normalized spacial score (nSPS) is 11.6. The molecule has 2 aromatic carbocycles. The van der Waals surface area contributed by atoms with Crippen LogP contribution in [0.25, 0.3) is 38.8 Å². The number of pyridine rings is 2. The number of nitrogens with zero attached hydrogens (tertiary/aromatic N) is 6. The van der Waals surface area contributed by atoms with Crippen molar-refractivity contribution in [2.45, 2.75) is 6.92 Å². The largest absolute Gasteiger partial charge is 0.362 e. The highest BCUT2D eigenvalue weighted by atomic mass is 19.1. The van der Waals surface area contributed by atoms with E-state index >= 15 is 0 Å². The van der Waals surface area contributed by atoms with Gasteiger partial charge in [0.15, 0.2) is 0 Å². The summed E-state index contributed by atoms with van der Waals surface area (Å²) in [5, 5.41) is 15.4. The number of para-hydroxylation sites is 1. The number of nitriles is 1. The number of aliphatic imine (C=N–C) groups is 1. The molecule has 34 heavy (non-hydrogen) atoms. The van der Waals surface area contributed by atoms with Crippen LogP contribution in [0.2, 0.25) is 0 Å². The number of aromatic nitrogens is 4. The average Bonchev–Trinajstić information content (AvgIpc) is 3.19. The van der Waals surface area contributed by atoms with Crippen LogP contribution in [0.3, 0.4) is 0 Å². The second-order valence-corrected chi connectivity index (χ2v) is 7.56. The number of imidazole rings is 1. The molecular weight excluding hydrogens is 431 g/mol. The van der Waals surface area contributed by atoms with E-state index in [0.29, 0.717) is 22.3 Å². The lowest BCUT2D eigenvalue weighted by molar-refractivity contribution is -0.106. The molecule has 0 saturated carbocycles. The van der Waals surface area contributed by atoms with E-state index in [-0.39, 0.29) is 17.0 Å². The van der Waals surface area contributed by atoms with Crippen LogP contribution in [0.1, 0.15) is 17.1 Å². The van der Waals surface area contributed by atoms with Crippen molar-refractivity contribution in [3.63, 3.8) is 0 Å². The summed E-state index contributed by atoms with van der Waals surface area (Å²) >= 11 is 0. The summed E-state index contributed by atoms with van der Waals surface area (Å²) in [6.45, 7) is 1.86. The summed E-state index contributed by atoms with van der Waals surface area (Å²) < 4.78 is 16.4. The zero-order valence-corrected chi connectivity index (χ0v) is 18.1. The van der Waals surface area contributed by atoms with Crippen molar-refractivity contribution in [3.05, 3.63) is 83.8 Å². The molecule has 5 aromatic rings. The Morgan fingerprint density at radius 2 is 1.94 bits per heavy atom.